The minimum absolute atomic E-state index is 0.116. The highest BCUT2D eigenvalue weighted by molar-refractivity contribution is 6.08. The van der Waals surface area contributed by atoms with Crippen molar-refractivity contribution in [1.29, 1.82) is 0 Å². The summed E-state index contributed by atoms with van der Waals surface area (Å²) in [6.07, 6.45) is 0. The molecule has 0 aromatic heterocycles. The van der Waals surface area contributed by atoms with Crippen molar-refractivity contribution in [3.8, 4) is 28.7 Å². The number of non-ortho nitro benzene ring substituents is 1. The highest BCUT2D eigenvalue weighted by Gasteiger charge is 2.24. The van der Waals surface area contributed by atoms with Crippen molar-refractivity contribution in [2.75, 3.05) is 10.8 Å². The first-order valence-corrected chi connectivity index (χ1v) is 17.3. The summed E-state index contributed by atoms with van der Waals surface area (Å²) in [5.41, 5.74) is 4.62. The summed E-state index contributed by atoms with van der Waals surface area (Å²) < 4.78 is 12.0. The van der Waals surface area contributed by atoms with E-state index in [9.17, 15) is 39.8 Å². The number of nitro groups is 1. The Morgan fingerprint density at radius 2 is 1.16 bits per heavy atom. The van der Waals surface area contributed by atoms with Gasteiger partial charge in [0.2, 0.25) is 0 Å². The van der Waals surface area contributed by atoms with Crippen LogP contribution in [0.2, 0.25) is 0 Å². The average Bonchev–Trinajstić information content (AvgIpc) is 3.19. The Labute approximate surface area is 325 Å². The molecule has 1 amide bonds. The van der Waals surface area contributed by atoms with Crippen LogP contribution >= 0.6 is 0 Å². The third-order valence-electron chi connectivity index (χ3n) is 9.01. The molecule has 0 heterocycles. The van der Waals surface area contributed by atoms with E-state index in [-0.39, 0.29) is 51.5 Å². The molecule has 0 spiro atoms. The van der Waals surface area contributed by atoms with Crippen molar-refractivity contribution < 1.29 is 48.9 Å². The smallest absolute Gasteiger partial charge is 0.338 e. The van der Waals surface area contributed by atoms with Crippen molar-refractivity contribution in [2.24, 2.45) is 0 Å². The molecule has 0 aliphatic rings. The van der Waals surface area contributed by atoms with Crippen molar-refractivity contribution >= 4 is 34.9 Å². The van der Waals surface area contributed by atoms with Gasteiger partial charge < -0.3 is 30.1 Å². The number of carbonyl (C=O) groups excluding carboxylic acids is 1. The predicted octanol–water partition coefficient (Wildman–Crippen LogP) is 9.40. The second-order valence-corrected chi connectivity index (χ2v) is 13.2. The van der Waals surface area contributed by atoms with E-state index in [1.807, 2.05) is 60.7 Å². The molecule has 14 heteroatoms. The van der Waals surface area contributed by atoms with E-state index in [0.717, 1.165) is 41.0 Å². The molecule has 0 bridgehead atoms. The topological polar surface area (TPSA) is 207 Å². The van der Waals surface area contributed by atoms with Crippen LogP contribution in [0.3, 0.4) is 0 Å². The summed E-state index contributed by atoms with van der Waals surface area (Å²) >= 11 is 0. The Kier molecular flexibility index (Phi) is 11.5. The van der Waals surface area contributed by atoms with Gasteiger partial charge >= 0.3 is 11.9 Å². The number of anilines is 2. The number of carboxylic acids is 2. The Balaban J connectivity index is 1.01. The number of rotatable bonds is 15. The molecular formula is C43H35N3O11. The summed E-state index contributed by atoms with van der Waals surface area (Å²) in [5.74, 6) is -1.05. The van der Waals surface area contributed by atoms with Crippen LogP contribution < -0.4 is 20.3 Å². The van der Waals surface area contributed by atoms with Gasteiger partial charge in [-0.15, -0.1) is 0 Å². The van der Waals surface area contributed by atoms with E-state index in [1.165, 1.54) is 24.3 Å². The van der Waals surface area contributed by atoms with Gasteiger partial charge in [-0.3, -0.25) is 25.2 Å². The molecular weight excluding hydrogens is 734 g/mol. The number of phenolic OH excluding ortho intramolecular Hbond substituents is 1. The third kappa shape index (κ3) is 9.51. The number of nitro benzene ring substituents is 1. The van der Waals surface area contributed by atoms with E-state index in [2.05, 4.69) is 24.6 Å². The van der Waals surface area contributed by atoms with Crippen molar-refractivity contribution in [3.63, 3.8) is 0 Å². The van der Waals surface area contributed by atoms with Gasteiger partial charge in [-0.25, -0.2) is 9.59 Å². The lowest BCUT2D eigenvalue weighted by Gasteiger charge is -2.26. The molecule has 0 atom stereocenters. The van der Waals surface area contributed by atoms with Crippen LogP contribution in [-0.2, 0) is 16.9 Å². The lowest BCUT2D eigenvalue weighted by molar-refractivity contribution is -0.384. The molecule has 288 valence electrons. The zero-order valence-electron chi connectivity index (χ0n) is 30.5. The average molecular weight is 770 g/mol. The van der Waals surface area contributed by atoms with Crippen LogP contribution in [0.4, 0.5) is 17.1 Å². The molecule has 0 unspecified atom stereocenters. The van der Waals surface area contributed by atoms with Crippen LogP contribution in [-0.4, -0.2) is 38.1 Å². The fourth-order valence-electron chi connectivity index (χ4n) is 5.77. The van der Waals surface area contributed by atoms with Gasteiger partial charge in [-0.1, -0.05) is 50.2 Å². The van der Waals surface area contributed by atoms with Gasteiger partial charge in [0.05, 0.1) is 34.0 Å². The second-order valence-electron chi connectivity index (χ2n) is 13.2. The van der Waals surface area contributed by atoms with Gasteiger partial charge in [0.15, 0.2) is 0 Å². The fourth-order valence-corrected chi connectivity index (χ4v) is 5.77. The lowest BCUT2D eigenvalue weighted by atomic mass is 9.78. The van der Waals surface area contributed by atoms with E-state index >= 15 is 0 Å². The van der Waals surface area contributed by atoms with E-state index in [0.29, 0.717) is 23.0 Å². The number of nitrogens with one attached hydrogen (secondary N) is 2. The van der Waals surface area contributed by atoms with Crippen LogP contribution in [0.15, 0.2) is 133 Å². The Hall–Kier alpha value is -7.71. The summed E-state index contributed by atoms with van der Waals surface area (Å²) in [5, 5.41) is 41.9. The van der Waals surface area contributed by atoms with E-state index in [1.54, 1.807) is 24.3 Å². The van der Waals surface area contributed by atoms with E-state index < -0.39 is 22.8 Å². The quantitative estimate of drug-likeness (QED) is 0.0376. The number of aromatic hydroxyl groups is 1. The largest absolute Gasteiger partial charge is 0.508 e. The number of hydrogen-bond donors (Lipinski definition) is 5. The molecule has 0 saturated carbocycles. The molecule has 0 aliphatic carbocycles. The summed E-state index contributed by atoms with van der Waals surface area (Å²) in [6.45, 7) is 4.36. The fraction of sp³-hybridized carbons (Fsp3) is 0.0930. The predicted molar refractivity (Wildman–Crippen MR) is 210 cm³/mol. The number of aromatic carboxylic acids is 2. The molecule has 6 aromatic carbocycles. The Morgan fingerprint density at radius 1 is 0.649 bits per heavy atom. The lowest BCUT2D eigenvalue weighted by Crippen LogP contribution is -2.18. The monoisotopic (exact) mass is 769 g/mol. The maximum absolute atomic E-state index is 12.8. The zero-order valence-corrected chi connectivity index (χ0v) is 30.5. The highest BCUT2D eigenvalue weighted by atomic mass is 16.6. The normalized spacial score (nSPS) is 11.0. The van der Waals surface area contributed by atoms with Crippen molar-refractivity contribution in [2.45, 2.75) is 25.9 Å². The Bertz CT molecular complexity index is 2430. The highest BCUT2D eigenvalue weighted by Crippen LogP contribution is 2.35. The van der Waals surface area contributed by atoms with Crippen molar-refractivity contribution in [3.05, 3.63) is 177 Å². The van der Waals surface area contributed by atoms with Crippen LogP contribution in [0.1, 0.15) is 61.6 Å². The number of benzene rings is 6. The molecule has 0 radical (unpaired) electrons. The second kappa shape index (κ2) is 16.8. The molecule has 6 rings (SSSR count). The summed E-state index contributed by atoms with van der Waals surface area (Å²) in [6, 6.07) is 35.9. The first-order chi connectivity index (χ1) is 27.3. The third-order valence-corrected chi connectivity index (χ3v) is 9.01. The number of amides is 1. The number of ether oxygens (including phenoxy) is 2. The first kappa shape index (κ1) is 39.0. The SMILES string of the molecule is CC(C)(c1ccc(Oc2ccc(CONc3ccc(O)cc3C(=O)O)cc2)cc1)c1ccc(Oc2ccc(C(=O)Nc3cc([N+](=O)[O-])ccc3C(=O)O)cc2)cc1. The summed E-state index contributed by atoms with van der Waals surface area (Å²) in [7, 11) is 0. The number of carbonyl (C=O) groups is 3. The van der Waals surface area contributed by atoms with Gasteiger partial charge in [0.1, 0.15) is 28.7 Å². The number of phenols is 1. The first-order valence-electron chi connectivity index (χ1n) is 17.3. The summed E-state index contributed by atoms with van der Waals surface area (Å²) in [4.78, 5) is 51.8. The zero-order chi connectivity index (χ0) is 40.7. The van der Waals surface area contributed by atoms with Crippen LogP contribution in [0, 0.1) is 10.1 Å². The standard InChI is InChI=1S/C43H35N3O11/c1-43(2,28-7-17-34(18-8-28)56-32-13-3-26(4-14-32)25-55-45-38-22-12-31(47)24-37(38)42(51)52)29-9-19-35(20-10-29)57-33-15-5-27(6-16-33)40(48)44-39-23-30(46(53)54)11-21-36(39)41(49)50/h3-24,45,47H,25H2,1-2H3,(H,44,48)(H,49,50)(H,51,52). The van der Waals surface area contributed by atoms with E-state index in [4.69, 9.17) is 14.3 Å². The van der Waals surface area contributed by atoms with Crippen LogP contribution in [0.5, 0.6) is 28.7 Å². The number of carboxylic acid groups (broad SMARTS) is 2. The Morgan fingerprint density at radius 3 is 1.67 bits per heavy atom. The van der Waals surface area contributed by atoms with Crippen molar-refractivity contribution in [1.82, 2.24) is 0 Å². The van der Waals surface area contributed by atoms with Gasteiger partial charge in [0, 0.05) is 23.1 Å². The maximum atomic E-state index is 12.8. The molecule has 57 heavy (non-hydrogen) atoms. The number of hydrogen-bond acceptors (Lipinski definition) is 10. The molecule has 6 aromatic rings. The molecule has 14 nitrogen and oxygen atoms in total. The van der Waals surface area contributed by atoms with Gasteiger partial charge in [-0.2, -0.15) is 0 Å². The minimum atomic E-state index is -1.34. The number of nitrogens with zero attached hydrogens (tertiary/aromatic N) is 1. The minimum Gasteiger partial charge on any atom is -0.508 e. The van der Waals surface area contributed by atoms with Gasteiger partial charge in [0.25, 0.3) is 11.6 Å². The van der Waals surface area contributed by atoms with Crippen LogP contribution in [0.25, 0.3) is 0 Å². The molecule has 5 N–H and O–H groups in total. The van der Waals surface area contributed by atoms with Gasteiger partial charge in [-0.05, 0) is 102 Å². The molecule has 0 fully saturated rings. The maximum Gasteiger partial charge on any atom is 0.338 e. The molecule has 0 aliphatic heterocycles. The molecule has 0 saturated heterocycles.